The lowest BCUT2D eigenvalue weighted by Crippen LogP contribution is -2.63. The maximum absolute atomic E-state index is 12.4. The van der Waals surface area contributed by atoms with E-state index in [-0.39, 0.29) is 23.6 Å². The number of rotatable bonds is 5. The van der Waals surface area contributed by atoms with Crippen LogP contribution in [-0.4, -0.2) is 68.7 Å². The molecule has 4 heterocycles. The molecule has 1 aromatic rings. The second-order valence-electron chi connectivity index (χ2n) is 7.72. The number of hydrogen-bond donors (Lipinski definition) is 2. The molecule has 0 saturated carbocycles. The number of β-lactam (4-membered cyclic amide) rings is 1. The number of carbonyl (C=O) groups excluding carboxylic acids is 1. The van der Waals surface area contributed by atoms with E-state index in [1.807, 2.05) is 12.3 Å². The van der Waals surface area contributed by atoms with Crippen LogP contribution in [0.2, 0.25) is 0 Å². The summed E-state index contributed by atoms with van der Waals surface area (Å²) in [6.07, 6.45) is 1.40. The molecule has 1 saturated heterocycles. The van der Waals surface area contributed by atoms with Gasteiger partial charge >= 0.3 is 5.97 Å². The van der Waals surface area contributed by atoms with E-state index in [2.05, 4.69) is 24.9 Å². The average Bonchev–Trinajstić information content (AvgIpc) is 3.26. The second-order valence-corrected chi connectivity index (χ2v) is 9.87. The molecule has 1 amide bonds. The highest BCUT2D eigenvalue weighted by molar-refractivity contribution is 8.04. The summed E-state index contributed by atoms with van der Waals surface area (Å²) in [5, 5.41) is 21.7. The molecular formula is C19H23N3O4S2. The molecule has 0 radical (unpaired) electrons. The maximum Gasteiger partial charge on any atom is 0.353 e. The van der Waals surface area contributed by atoms with Gasteiger partial charge < -0.3 is 15.1 Å². The summed E-state index contributed by atoms with van der Waals surface area (Å²) < 4.78 is 0.766. The fourth-order valence-corrected chi connectivity index (χ4v) is 6.37. The molecule has 9 heteroatoms. The van der Waals surface area contributed by atoms with E-state index in [1.54, 1.807) is 6.92 Å². The Morgan fingerprint density at radius 1 is 1.43 bits per heavy atom. The SMILES string of the molecule is CC(O)C1C(=O)N2C(C(=O)O)=C(Sc3nc(C4=CC(C)N(C)C4)cs3)C(C)C12. The molecule has 5 atom stereocenters. The number of carboxylic acid groups (broad SMARTS) is 1. The van der Waals surface area contributed by atoms with E-state index >= 15 is 0 Å². The summed E-state index contributed by atoms with van der Waals surface area (Å²) in [5.74, 6) is -2.12. The van der Waals surface area contributed by atoms with E-state index in [9.17, 15) is 19.8 Å². The van der Waals surface area contributed by atoms with Crippen LogP contribution >= 0.6 is 23.1 Å². The zero-order chi connectivity index (χ0) is 20.3. The Balaban J connectivity index is 1.60. The van der Waals surface area contributed by atoms with Crippen LogP contribution in [-0.2, 0) is 9.59 Å². The van der Waals surface area contributed by atoms with Crippen molar-refractivity contribution in [1.82, 2.24) is 14.8 Å². The van der Waals surface area contributed by atoms with Gasteiger partial charge in [0.25, 0.3) is 0 Å². The van der Waals surface area contributed by atoms with Crippen molar-refractivity contribution in [3.8, 4) is 0 Å². The molecule has 0 spiro atoms. The summed E-state index contributed by atoms with van der Waals surface area (Å²) >= 11 is 2.81. The third-order valence-corrected chi connectivity index (χ3v) is 8.10. The third kappa shape index (κ3) is 2.92. The first kappa shape index (κ1) is 19.6. The number of aliphatic carboxylic acids is 1. The Hall–Kier alpha value is -1.68. The molecule has 0 bridgehead atoms. The summed E-state index contributed by atoms with van der Waals surface area (Å²) in [6, 6.07) is 0.0726. The van der Waals surface area contributed by atoms with Crippen molar-refractivity contribution in [3.05, 3.63) is 27.8 Å². The summed E-state index contributed by atoms with van der Waals surface area (Å²) in [7, 11) is 2.07. The first-order chi connectivity index (χ1) is 13.2. The number of aliphatic hydroxyl groups is 1. The van der Waals surface area contributed by atoms with Gasteiger partial charge in [-0.05, 0) is 26.5 Å². The molecule has 4 rings (SSSR count). The van der Waals surface area contributed by atoms with Gasteiger partial charge in [0.2, 0.25) is 5.91 Å². The number of amides is 1. The Morgan fingerprint density at radius 3 is 2.71 bits per heavy atom. The Kier molecular flexibility index (Phi) is 4.89. The first-order valence-electron chi connectivity index (χ1n) is 9.24. The largest absolute Gasteiger partial charge is 0.477 e. The summed E-state index contributed by atoms with van der Waals surface area (Å²) in [5.41, 5.74) is 2.14. The molecule has 1 fully saturated rings. The van der Waals surface area contributed by atoms with Gasteiger partial charge in [0.1, 0.15) is 5.70 Å². The minimum absolute atomic E-state index is 0.0367. The summed E-state index contributed by atoms with van der Waals surface area (Å²) in [6.45, 7) is 6.48. The summed E-state index contributed by atoms with van der Waals surface area (Å²) in [4.78, 5) is 33.2. The molecule has 1 aromatic heterocycles. The molecule has 2 N–H and O–H groups in total. The van der Waals surface area contributed by atoms with Crippen molar-refractivity contribution < 1.29 is 19.8 Å². The van der Waals surface area contributed by atoms with Gasteiger partial charge in [0.15, 0.2) is 4.34 Å². The number of thiazole rings is 1. The van der Waals surface area contributed by atoms with E-state index in [1.165, 1.54) is 33.6 Å². The predicted octanol–water partition coefficient (Wildman–Crippen LogP) is 2.11. The molecule has 3 aliphatic heterocycles. The van der Waals surface area contributed by atoms with E-state index in [4.69, 9.17) is 4.98 Å². The highest BCUT2D eigenvalue weighted by Gasteiger charge is 2.60. The lowest BCUT2D eigenvalue weighted by Gasteiger charge is -2.46. The number of fused-ring (bicyclic) bond motifs is 1. The van der Waals surface area contributed by atoms with Gasteiger partial charge in [0, 0.05) is 28.8 Å². The molecule has 0 aromatic carbocycles. The Bertz CT molecular complexity index is 907. The third-order valence-electron chi connectivity index (χ3n) is 5.88. The van der Waals surface area contributed by atoms with Crippen LogP contribution in [0.3, 0.4) is 0 Å². The standard InChI is InChI=1S/C19H23N3O4S2/c1-8-5-11(6-21(8)4)12-7-27-19(20-12)28-16-9(2)14-13(10(3)23)17(24)22(14)15(16)18(25)26/h5,7-10,13-14,23H,6H2,1-4H3,(H,25,26). The maximum atomic E-state index is 12.4. The molecule has 7 nitrogen and oxygen atoms in total. The van der Waals surface area contributed by atoms with E-state index in [0.29, 0.717) is 10.9 Å². The second kappa shape index (κ2) is 6.98. The Labute approximate surface area is 171 Å². The number of hydrogen-bond acceptors (Lipinski definition) is 7. The highest BCUT2D eigenvalue weighted by Crippen LogP contribution is 2.52. The van der Waals surface area contributed by atoms with Gasteiger partial charge in [-0.2, -0.15) is 0 Å². The minimum Gasteiger partial charge on any atom is -0.477 e. The number of nitrogens with zero attached hydrogens (tertiary/aromatic N) is 3. The lowest BCUT2D eigenvalue weighted by molar-refractivity contribution is -0.163. The number of aromatic nitrogens is 1. The molecule has 28 heavy (non-hydrogen) atoms. The normalized spacial score (nSPS) is 31.1. The van der Waals surface area contributed by atoms with Gasteiger partial charge in [-0.25, -0.2) is 9.78 Å². The fourth-order valence-electron chi connectivity index (χ4n) is 4.25. The minimum atomic E-state index is -1.11. The van der Waals surface area contributed by atoms with Crippen LogP contribution in [0, 0.1) is 11.8 Å². The van der Waals surface area contributed by atoms with Gasteiger partial charge in [0.05, 0.1) is 23.8 Å². The molecule has 5 unspecified atom stereocenters. The van der Waals surface area contributed by atoms with Crippen LogP contribution in [0.4, 0.5) is 0 Å². The first-order valence-corrected chi connectivity index (χ1v) is 10.9. The fraction of sp³-hybridized carbons (Fsp3) is 0.526. The smallest absolute Gasteiger partial charge is 0.353 e. The number of thioether (sulfide) groups is 1. The van der Waals surface area contributed by atoms with Crippen molar-refractivity contribution in [3.63, 3.8) is 0 Å². The molecule has 0 aliphatic carbocycles. The Morgan fingerprint density at radius 2 is 2.14 bits per heavy atom. The number of carboxylic acids is 1. The van der Waals surface area contributed by atoms with Gasteiger partial charge in [-0.3, -0.25) is 9.69 Å². The van der Waals surface area contributed by atoms with E-state index in [0.717, 1.165) is 16.6 Å². The van der Waals surface area contributed by atoms with Gasteiger partial charge in [-0.1, -0.05) is 24.8 Å². The van der Waals surface area contributed by atoms with Crippen LogP contribution in [0.1, 0.15) is 26.5 Å². The number of carbonyl (C=O) groups is 2. The predicted molar refractivity (Wildman–Crippen MR) is 108 cm³/mol. The van der Waals surface area contributed by atoms with Crippen LogP contribution in [0.25, 0.3) is 5.57 Å². The zero-order valence-electron chi connectivity index (χ0n) is 16.1. The van der Waals surface area contributed by atoms with Crippen molar-refractivity contribution >= 4 is 40.5 Å². The average molecular weight is 422 g/mol. The molecule has 150 valence electrons. The number of aliphatic hydroxyl groups excluding tert-OH is 1. The van der Waals surface area contributed by atoms with Crippen LogP contribution in [0.5, 0.6) is 0 Å². The van der Waals surface area contributed by atoms with Crippen LogP contribution < -0.4 is 0 Å². The lowest BCUT2D eigenvalue weighted by atomic mass is 9.79. The molecular weight excluding hydrogens is 398 g/mol. The van der Waals surface area contributed by atoms with Crippen molar-refractivity contribution in [1.29, 1.82) is 0 Å². The molecule has 3 aliphatic rings. The highest BCUT2D eigenvalue weighted by atomic mass is 32.2. The quantitative estimate of drug-likeness (QED) is 0.703. The van der Waals surface area contributed by atoms with Crippen molar-refractivity contribution in [2.24, 2.45) is 11.8 Å². The van der Waals surface area contributed by atoms with E-state index < -0.39 is 18.0 Å². The van der Waals surface area contributed by atoms with Gasteiger partial charge in [-0.15, -0.1) is 11.3 Å². The monoisotopic (exact) mass is 421 g/mol. The number of likely N-dealkylation sites (N-methyl/N-ethyl adjacent to an activating group) is 1. The van der Waals surface area contributed by atoms with Crippen LogP contribution in [0.15, 0.2) is 26.4 Å². The van der Waals surface area contributed by atoms with Crippen molar-refractivity contribution in [2.45, 2.75) is 43.3 Å². The topological polar surface area (TPSA) is 94.0 Å². The zero-order valence-corrected chi connectivity index (χ0v) is 17.8. The van der Waals surface area contributed by atoms with Crippen molar-refractivity contribution in [2.75, 3.05) is 13.6 Å².